The standard InChI is InChI=1S/C10H12N2OS/c1-2-11-10(8-3-4-13-5-8)9-6-14-7-12-9/h3-7,10-11H,2H2,1H3. The minimum absolute atomic E-state index is 0.157. The first-order chi connectivity index (χ1) is 6.92. The highest BCUT2D eigenvalue weighted by Gasteiger charge is 2.15. The SMILES string of the molecule is CCNC(c1ccoc1)c1cscn1. The van der Waals surface area contributed by atoms with Gasteiger partial charge in [0.1, 0.15) is 0 Å². The molecular formula is C10H12N2OS. The van der Waals surface area contributed by atoms with Gasteiger partial charge in [0.2, 0.25) is 0 Å². The molecule has 0 amide bonds. The Bertz CT molecular complexity index is 321. The van der Waals surface area contributed by atoms with Crippen LogP contribution < -0.4 is 5.32 Å². The van der Waals surface area contributed by atoms with Crippen molar-refractivity contribution in [2.45, 2.75) is 13.0 Å². The zero-order valence-corrected chi connectivity index (χ0v) is 8.75. The Morgan fingerprint density at radius 3 is 3.14 bits per heavy atom. The minimum Gasteiger partial charge on any atom is -0.472 e. The molecule has 3 nitrogen and oxygen atoms in total. The molecule has 0 aromatic carbocycles. The molecule has 0 aliphatic rings. The maximum atomic E-state index is 5.08. The van der Waals surface area contributed by atoms with E-state index in [-0.39, 0.29) is 6.04 Å². The van der Waals surface area contributed by atoms with Gasteiger partial charge >= 0.3 is 0 Å². The van der Waals surface area contributed by atoms with Gasteiger partial charge in [-0.2, -0.15) is 0 Å². The average molecular weight is 208 g/mol. The molecule has 2 aromatic rings. The third kappa shape index (κ3) is 1.86. The van der Waals surface area contributed by atoms with Crippen molar-refractivity contribution in [1.29, 1.82) is 0 Å². The zero-order valence-electron chi connectivity index (χ0n) is 7.93. The van der Waals surface area contributed by atoms with E-state index in [0.717, 1.165) is 17.8 Å². The average Bonchev–Trinajstić information content (AvgIpc) is 2.87. The van der Waals surface area contributed by atoms with Crippen LogP contribution in [0.2, 0.25) is 0 Å². The molecule has 0 aliphatic carbocycles. The number of nitrogens with one attached hydrogen (secondary N) is 1. The van der Waals surface area contributed by atoms with E-state index in [0.29, 0.717) is 0 Å². The Hall–Kier alpha value is -1.13. The van der Waals surface area contributed by atoms with Crippen molar-refractivity contribution in [2.75, 3.05) is 6.54 Å². The van der Waals surface area contributed by atoms with Crippen LogP contribution in [0.4, 0.5) is 0 Å². The Morgan fingerprint density at radius 1 is 1.64 bits per heavy atom. The van der Waals surface area contributed by atoms with E-state index in [9.17, 15) is 0 Å². The van der Waals surface area contributed by atoms with Crippen molar-refractivity contribution in [3.63, 3.8) is 0 Å². The van der Waals surface area contributed by atoms with Crippen LogP contribution in [0.5, 0.6) is 0 Å². The summed E-state index contributed by atoms with van der Waals surface area (Å²) in [6.07, 6.45) is 3.44. The summed E-state index contributed by atoms with van der Waals surface area (Å²) >= 11 is 1.61. The molecule has 2 aromatic heterocycles. The van der Waals surface area contributed by atoms with Gasteiger partial charge in [-0.15, -0.1) is 11.3 Å². The normalized spacial score (nSPS) is 12.9. The van der Waals surface area contributed by atoms with Gasteiger partial charge in [0.05, 0.1) is 29.8 Å². The van der Waals surface area contributed by atoms with E-state index < -0.39 is 0 Å². The quantitative estimate of drug-likeness (QED) is 0.838. The molecule has 1 N–H and O–H groups in total. The number of hydrogen-bond donors (Lipinski definition) is 1. The van der Waals surface area contributed by atoms with Crippen LogP contribution in [-0.4, -0.2) is 11.5 Å². The molecule has 0 aliphatic heterocycles. The predicted molar refractivity (Wildman–Crippen MR) is 56.3 cm³/mol. The fraction of sp³-hybridized carbons (Fsp3) is 0.300. The monoisotopic (exact) mass is 208 g/mol. The van der Waals surface area contributed by atoms with E-state index in [1.165, 1.54) is 0 Å². The van der Waals surface area contributed by atoms with Crippen LogP contribution in [0.25, 0.3) is 0 Å². The van der Waals surface area contributed by atoms with Crippen LogP contribution >= 0.6 is 11.3 Å². The lowest BCUT2D eigenvalue weighted by Gasteiger charge is -2.13. The van der Waals surface area contributed by atoms with Crippen molar-refractivity contribution in [1.82, 2.24) is 10.3 Å². The fourth-order valence-corrected chi connectivity index (χ4v) is 1.98. The molecule has 2 heterocycles. The van der Waals surface area contributed by atoms with Crippen LogP contribution in [0.1, 0.15) is 24.2 Å². The molecule has 0 bridgehead atoms. The maximum Gasteiger partial charge on any atom is 0.0954 e. The number of aromatic nitrogens is 1. The van der Waals surface area contributed by atoms with E-state index in [1.807, 2.05) is 11.6 Å². The minimum atomic E-state index is 0.157. The summed E-state index contributed by atoms with van der Waals surface area (Å²) in [5.74, 6) is 0. The summed E-state index contributed by atoms with van der Waals surface area (Å²) in [5, 5.41) is 5.43. The number of rotatable bonds is 4. The smallest absolute Gasteiger partial charge is 0.0954 e. The second-order valence-corrected chi connectivity index (χ2v) is 3.68. The third-order valence-corrected chi connectivity index (χ3v) is 2.64. The summed E-state index contributed by atoms with van der Waals surface area (Å²) in [4.78, 5) is 4.31. The summed E-state index contributed by atoms with van der Waals surface area (Å²) in [6.45, 7) is 2.99. The molecule has 4 heteroatoms. The molecule has 14 heavy (non-hydrogen) atoms. The van der Waals surface area contributed by atoms with Crippen LogP contribution in [-0.2, 0) is 0 Å². The largest absolute Gasteiger partial charge is 0.472 e. The highest BCUT2D eigenvalue weighted by atomic mass is 32.1. The van der Waals surface area contributed by atoms with Gasteiger partial charge in [0, 0.05) is 10.9 Å². The highest BCUT2D eigenvalue weighted by molar-refractivity contribution is 7.07. The second kappa shape index (κ2) is 4.39. The lowest BCUT2D eigenvalue weighted by atomic mass is 10.1. The lowest BCUT2D eigenvalue weighted by Crippen LogP contribution is -2.21. The van der Waals surface area contributed by atoms with Crippen molar-refractivity contribution < 1.29 is 4.42 Å². The van der Waals surface area contributed by atoms with E-state index in [4.69, 9.17) is 4.42 Å². The molecular weight excluding hydrogens is 196 g/mol. The van der Waals surface area contributed by atoms with Gasteiger partial charge in [-0.25, -0.2) is 4.98 Å². The van der Waals surface area contributed by atoms with Crippen LogP contribution in [0.3, 0.4) is 0 Å². The molecule has 0 fully saturated rings. The van der Waals surface area contributed by atoms with Gasteiger partial charge in [0.15, 0.2) is 0 Å². The molecule has 1 unspecified atom stereocenters. The van der Waals surface area contributed by atoms with Gasteiger partial charge in [-0.3, -0.25) is 0 Å². The summed E-state index contributed by atoms with van der Waals surface area (Å²) in [6, 6.07) is 2.12. The van der Waals surface area contributed by atoms with Crippen molar-refractivity contribution in [3.05, 3.63) is 40.7 Å². The Balaban J connectivity index is 2.25. The predicted octanol–water partition coefficient (Wildman–Crippen LogP) is 2.44. The first kappa shape index (κ1) is 9.43. The van der Waals surface area contributed by atoms with E-state index in [1.54, 1.807) is 23.9 Å². The van der Waals surface area contributed by atoms with Gasteiger partial charge in [-0.05, 0) is 12.6 Å². The number of nitrogens with zero attached hydrogens (tertiary/aromatic N) is 1. The topological polar surface area (TPSA) is 38.1 Å². The fourth-order valence-electron chi connectivity index (χ4n) is 1.40. The first-order valence-electron chi connectivity index (χ1n) is 4.55. The molecule has 1 atom stereocenters. The summed E-state index contributed by atoms with van der Waals surface area (Å²) in [7, 11) is 0. The van der Waals surface area contributed by atoms with Gasteiger partial charge < -0.3 is 9.73 Å². The van der Waals surface area contributed by atoms with Crippen LogP contribution in [0.15, 0.2) is 33.9 Å². The van der Waals surface area contributed by atoms with Gasteiger partial charge in [0.25, 0.3) is 0 Å². The van der Waals surface area contributed by atoms with Gasteiger partial charge in [-0.1, -0.05) is 6.92 Å². The van der Waals surface area contributed by atoms with Crippen LogP contribution in [0, 0.1) is 0 Å². The highest BCUT2D eigenvalue weighted by Crippen LogP contribution is 2.21. The summed E-state index contributed by atoms with van der Waals surface area (Å²) < 4.78 is 5.08. The lowest BCUT2D eigenvalue weighted by molar-refractivity contribution is 0.551. The zero-order chi connectivity index (χ0) is 9.80. The Labute approximate surface area is 86.8 Å². The molecule has 0 spiro atoms. The third-order valence-electron chi connectivity index (χ3n) is 2.03. The second-order valence-electron chi connectivity index (χ2n) is 2.96. The van der Waals surface area contributed by atoms with E-state index in [2.05, 4.69) is 22.6 Å². The van der Waals surface area contributed by atoms with Crippen molar-refractivity contribution in [2.24, 2.45) is 0 Å². The van der Waals surface area contributed by atoms with Crippen molar-refractivity contribution >= 4 is 11.3 Å². The maximum absolute atomic E-state index is 5.08. The Kier molecular flexibility index (Phi) is 2.96. The molecule has 74 valence electrons. The Morgan fingerprint density at radius 2 is 2.57 bits per heavy atom. The van der Waals surface area contributed by atoms with E-state index >= 15 is 0 Å². The number of thiazole rings is 1. The number of hydrogen-bond acceptors (Lipinski definition) is 4. The van der Waals surface area contributed by atoms with Crippen molar-refractivity contribution in [3.8, 4) is 0 Å². The molecule has 0 radical (unpaired) electrons. The summed E-state index contributed by atoms with van der Waals surface area (Å²) in [5.41, 5.74) is 4.02. The molecule has 0 saturated heterocycles. The first-order valence-corrected chi connectivity index (χ1v) is 5.49. The molecule has 0 saturated carbocycles. The molecule has 2 rings (SSSR count). The number of furan rings is 1.